The number of amides is 1. The lowest BCUT2D eigenvalue weighted by atomic mass is 10.2. The maximum absolute atomic E-state index is 12.1. The van der Waals surface area contributed by atoms with E-state index in [-0.39, 0.29) is 17.4 Å². The molecule has 1 fully saturated rings. The van der Waals surface area contributed by atoms with Crippen molar-refractivity contribution in [3.63, 3.8) is 0 Å². The van der Waals surface area contributed by atoms with E-state index in [9.17, 15) is 9.00 Å². The van der Waals surface area contributed by atoms with Gasteiger partial charge < -0.3 is 15.4 Å². The third kappa shape index (κ3) is 3.92. The average Bonchev–Trinajstić information content (AvgIpc) is 2.98. The van der Waals surface area contributed by atoms with E-state index in [1.54, 1.807) is 0 Å². The Balaban J connectivity index is 1.62. The lowest BCUT2D eigenvalue weighted by molar-refractivity contribution is 0.0523. The molecule has 0 radical (unpaired) electrons. The zero-order valence-electron chi connectivity index (χ0n) is 13.2. The number of carbonyl (C=O) groups excluding carboxylic acids is 1. The monoisotopic (exact) mass is 358 g/mol. The van der Waals surface area contributed by atoms with Crippen LogP contribution < -0.4 is 10.6 Å². The van der Waals surface area contributed by atoms with Gasteiger partial charge in [0.25, 0.3) is 0 Å². The summed E-state index contributed by atoms with van der Waals surface area (Å²) >= 11 is 5.92. The minimum atomic E-state index is -1.10. The Labute approximate surface area is 142 Å². The summed E-state index contributed by atoms with van der Waals surface area (Å²) in [7, 11) is -1.10. The number of carbonyl (C=O) groups is 1. The van der Waals surface area contributed by atoms with Crippen LogP contribution in [0.4, 0.5) is 10.6 Å². The van der Waals surface area contributed by atoms with Crippen molar-refractivity contribution < 1.29 is 13.7 Å². The van der Waals surface area contributed by atoms with Crippen molar-refractivity contribution in [2.75, 3.05) is 11.1 Å². The van der Waals surface area contributed by atoms with Crippen LogP contribution in [0.1, 0.15) is 32.9 Å². The van der Waals surface area contributed by atoms with E-state index in [1.165, 1.54) is 0 Å². The molecule has 3 atom stereocenters. The molecular formula is C14H19ClN4O3S. The van der Waals surface area contributed by atoms with Gasteiger partial charge in [-0.05, 0) is 38.8 Å². The first-order valence-electron chi connectivity index (χ1n) is 7.44. The summed E-state index contributed by atoms with van der Waals surface area (Å²) in [5.41, 5.74) is 0.211. The molecule has 9 heteroatoms. The second-order valence-corrected chi connectivity index (χ2v) is 8.50. The Kier molecular flexibility index (Phi) is 4.22. The Bertz CT molecular complexity index is 677. The summed E-state index contributed by atoms with van der Waals surface area (Å²) in [5.74, 6) is 1.05. The quantitative estimate of drug-likeness (QED) is 0.801. The topological polar surface area (TPSA) is 93.2 Å². The summed E-state index contributed by atoms with van der Waals surface area (Å²) < 4.78 is 17.3. The summed E-state index contributed by atoms with van der Waals surface area (Å²) in [5, 5.41) is 6.15. The Morgan fingerprint density at radius 1 is 1.35 bits per heavy atom. The largest absolute Gasteiger partial charge is 0.444 e. The summed E-state index contributed by atoms with van der Waals surface area (Å²) in [6.45, 7) is 5.45. The number of alkyl carbamates (subject to hydrolysis) is 1. The van der Waals surface area contributed by atoms with Crippen molar-refractivity contribution in [3.8, 4) is 0 Å². The Hall–Kier alpha value is -1.41. The van der Waals surface area contributed by atoms with Gasteiger partial charge in [0.15, 0.2) is 0 Å². The van der Waals surface area contributed by atoms with E-state index in [0.29, 0.717) is 22.9 Å². The molecule has 2 N–H and O–H groups in total. The van der Waals surface area contributed by atoms with Gasteiger partial charge >= 0.3 is 6.09 Å². The molecule has 0 spiro atoms. The summed E-state index contributed by atoms with van der Waals surface area (Å²) in [4.78, 5) is 20.7. The molecule has 1 aliphatic carbocycles. The number of fused-ring (bicyclic) bond motifs is 1. The number of rotatable bonds is 3. The Morgan fingerprint density at radius 3 is 2.78 bits per heavy atom. The van der Waals surface area contributed by atoms with Crippen molar-refractivity contribution in [1.82, 2.24) is 15.3 Å². The maximum atomic E-state index is 12.1. The van der Waals surface area contributed by atoms with Gasteiger partial charge in [0.2, 0.25) is 5.28 Å². The highest BCUT2D eigenvalue weighted by Gasteiger charge is 2.41. The molecule has 126 valence electrons. The number of nitrogens with zero attached hydrogens (tertiary/aromatic N) is 2. The van der Waals surface area contributed by atoms with Gasteiger partial charge in [-0.25, -0.2) is 9.78 Å². The zero-order chi connectivity index (χ0) is 16.8. The summed E-state index contributed by atoms with van der Waals surface area (Å²) in [6, 6.07) is -0.0146. The third-order valence-electron chi connectivity index (χ3n) is 3.48. The normalized spacial score (nSPS) is 25.7. The van der Waals surface area contributed by atoms with Gasteiger partial charge in [-0.15, -0.1) is 0 Å². The van der Waals surface area contributed by atoms with Crippen molar-refractivity contribution >= 4 is 34.3 Å². The fourth-order valence-electron chi connectivity index (χ4n) is 2.41. The van der Waals surface area contributed by atoms with Crippen LogP contribution in [0.2, 0.25) is 5.28 Å². The molecule has 0 aromatic carbocycles. The minimum Gasteiger partial charge on any atom is -0.444 e. The van der Waals surface area contributed by atoms with Gasteiger partial charge in [0.05, 0.1) is 28.6 Å². The molecule has 2 aliphatic rings. The van der Waals surface area contributed by atoms with Crippen molar-refractivity contribution in [1.29, 1.82) is 0 Å². The molecule has 0 saturated heterocycles. The molecular weight excluding hydrogens is 340 g/mol. The third-order valence-corrected chi connectivity index (χ3v) is 5.10. The Morgan fingerprint density at radius 2 is 2.09 bits per heavy atom. The minimum absolute atomic E-state index is 0.0233. The molecule has 0 bridgehead atoms. The SMILES string of the molecule is CC(C)(C)OC(=O)N[C@@H]1CC1Nc1nc(Cl)nc2c1S(=O)CC2. The van der Waals surface area contributed by atoms with E-state index >= 15 is 0 Å². The van der Waals surface area contributed by atoms with Crippen LogP contribution in [-0.4, -0.2) is 43.7 Å². The van der Waals surface area contributed by atoms with E-state index in [4.69, 9.17) is 16.3 Å². The number of aryl methyl sites for hydroxylation is 1. The fraction of sp³-hybridized carbons (Fsp3) is 0.643. The molecule has 1 amide bonds. The van der Waals surface area contributed by atoms with Crippen LogP contribution >= 0.6 is 11.6 Å². The highest BCUT2D eigenvalue weighted by atomic mass is 35.5. The zero-order valence-corrected chi connectivity index (χ0v) is 14.8. The number of hydrogen-bond donors (Lipinski definition) is 2. The molecule has 2 heterocycles. The van der Waals surface area contributed by atoms with Gasteiger partial charge in [-0.3, -0.25) is 4.21 Å². The maximum Gasteiger partial charge on any atom is 0.407 e. The molecule has 3 rings (SSSR count). The van der Waals surface area contributed by atoms with Crippen LogP contribution in [0.5, 0.6) is 0 Å². The van der Waals surface area contributed by atoms with Gasteiger partial charge in [0, 0.05) is 12.2 Å². The van der Waals surface area contributed by atoms with Gasteiger partial charge in [-0.2, -0.15) is 4.98 Å². The van der Waals surface area contributed by atoms with E-state index in [1.807, 2.05) is 20.8 Å². The number of aromatic nitrogens is 2. The first-order valence-corrected chi connectivity index (χ1v) is 9.13. The molecule has 23 heavy (non-hydrogen) atoms. The van der Waals surface area contributed by atoms with Crippen LogP contribution in [-0.2, 0) is 22.0 Å². The number of hydrogen-bond acceptors (Lipinski definition) is 6. The van der Waals surface area contributed by atoms with E-state index in [2.05, 4.69) is 20.6 Å². The predicted octanol–water partition coefficient (Wildman–Crippen LogP) is 1.87. The highest BCUT2D eigenvalue weighted by Crippen LogP contribution is 2.33. The smallest absolute Gasteiger partial charge is 0.407 e. The lowest BCUT2D eigenvalue weighted by Crippen LogP contribution is -2.35. The number of ether oxygens (including phenoxy) is 1. The lowest BCUT2D eigenvalue weighted by Gasteiger charge is -2.19. The first-order chi connectivity index (χ1) is 10.7. The van der Waals surface area contributed by atoms with Crippen LogP contribution in [0, 0.1) is 0 Å². The van der Waals surface area contributed by atoms with Crippen LogP contribution in [0.3, 0.4) is 0 Å². The van der Waals surface area contributed by atoms with E-state index in [0.717, 1.165) is 12.1 Å². The standard InChI is InChI=1S/C14H19ClN4O3S/c1-14(2,3)22-13(20)18-9-6-8(9)16-11-10-7(4-5-23(10)21)17-12(15)19-11/h8-9H,4-6H2,1-3H3,(H,18,20)(H,16,17,19)/t8?,9-,23?/m1/s1. The van der Waals surface area contributed by atoms with Gasteiger partial charge in [0.1, 0.15) is 16.3 Å². The van der Waals surface area contributed by atoms with E-state index < -0.39 is 22.5 Å². The van der Waals surface area contributed by atoms with Crippen LogP contribution in [0.15, 0.2) is 4.90 Å². The van der Waals surface area contributed by atoms with Crippen molar-refractivity contribution in [2.24, 2.45) is 0 Å². The predicted molar refractivity (Wildman–Crippen MR) is 87.2 cm³/mol. The molecule has 1 saturated carbocycles. The number of nitrogens with one attached hydrogen (secondary N) is 2. The second-order valence-electron chi connectivity index (χ2n) is 6.66. The molecule has 2 unspecified atom stereocenters. The molecule has 7 nitrogen and oxygen atoms in total. The number of halogens is 1. The highest BCUT2D eigenvalue weighted by molar-refractivity contribution is 7.85. The van der Waals surface area contributed by atoms with Crippen molar-refractivity contribution in [3.05, 3.63) is 11.0 Å². The van der Waals surface area contributed by atoms with Gasteiger partial charge in [-0.1, -0.05) is 0 Å². The second kappa shape index (κ2) is 5.90. The van der Waals surface area contributed by atoms with Crippen molar-refractivity contribution in [2.45, 2.75) is 56.2 Å². The average molecular weight is 359 g/mol. The molecule has 1 aliphatic heterocycles. The first kappa shape index (κ1) is 16.4. The number of anilines is 1. The fourth-order valence-corrected chi connectivity index (χ4v) is 3.91. The van der Waals surface area contributed by atoms with Crippen LogP contribution in [0.25, 0.3) is 0 Å². The summed E-state index contributed by atoms with van der Waals surface area (Å²) in [6.07, 6.45) is 0.951. The molecule has 1 aromatic heterocycles. The molecule has 1 aromatic rings.